The summed E-state index contributed by atoms with van der Waals surface area (Å²) >= 11 is 0. The third-order valence-electron chi connectivity index (χ3n) is 4.34. The van der Waals surface area contributed by atoms with Crippen LogP contribution in [0.1, 0.15) is 37.7 Å². The number of hydrogen-bond acceptors (Lipinski definition) is 3. The average molecular weight is 381 g/mol. The van der Waals surface area contributed by atoms with E-state index in [4.69, 9.17) is 5.73 Å². The third-order valence-corrected chi connectivity index (χ3v) is 4.34. The lowest BCUT2D eigenvalue weighted by atomic mass is 9.84. The minimum absolute atomic E-state index is 0. The van der Waals surface area contributed by atoms with Crippen LogP contribution < -0.4 is 15.8 Å². The molecular weight excluding hydrogens is 357 g/mol. The van der Waals surface area contributed by atoms with E-state index in [9.17, 15) is 18.0 Å². The first-order chi connectivity index (χ1) is 11.4. The molecule has 4 nitrogen and oxygen atoms in total. The number of carbonyl (C=O) groups excluding carboxylic acids is 1. The Balaban J connectivity index is 0.00000312. The Bertz CT molecular complexity index is 532. The van der Waals surface area contributed by atoms with Crippen molar-refractivity contribution in [1.29, 1.82) is 0 Å². The number of rotatable bonds is 6. The van der Waals surface area contributed by atoms with Gasteiger partial charge in [-0.15, -0.1) is 25.6 Å². The lowest BCUT2D eigenvalue weighted by Gasteiger charge is -2.30. The maximum atomic E-state index is 12.2. The van der Waals surface area contributed by atoms with E-state index >= 15 is 0 Å². The van der Waals surface area contributed by atoms with Gasteiger partial charge in [0.1, 0.15) is 5.75 Å². The maximum Gasteiger partial charge on any atom is 0.573 e. The Labute approximate surface area is 151 Å². The van der Waals surface area contributed by atoms with Crippen molar-refractivity contribution in [2.24, 2.45) is 11.7 Å². The van der Waals surface area contributed by atoms with Crippen molar-refractivity contribution >= 4 is 18.3 Å². The molecule has 0 saturated heterocycles. The monoisotopic (exact) mass is 380 g/mol. The molecule has 142 valence electrons. The number of nitrogens with one attached hydrogen (secondary N) is 1. The average Bonchev–Trinajstić information content (AvgIpc) is 2.54. The molecule has 1 aromatic carbocycles. The molecule has 1 aliphatic carbocycles. The molecule has 1 amide bonds. The summed E-state index contributed by atoms with van der Waals surface area (Å²) in [6.45, 7) is 0.398. The second-order valence-corrected chi connectivity index (χ2v) is 6.18. The van der Waals surface area contributed by atoms with E-state index in [1.54, 1.807) is 0 Å². The SMILES string of the molecule is Cl.NCC(NC(=O)Cc1ccc(OC(F)(F)F)cc1)C1CCCCC1. The van der Waals surface area contributed by atoms with E-state index in [2.05, 4.69) is 10.1 Å². The zero-order chi connectivity index (χ0) is 17.6. The minimum Gasteiger partial charge on any atom is -0.406 e. The number of hydrogen-bond donors (Lipinski definition) is 2. The molecule has 1 aliphatic rings. The molecule has 0 radical (unpaired) electrons. The summed E-state index contributed by atoms with van der Waals surface area (Å²) in [4.78, 5) is 12.2. The van der Waals surface area contributed by atoms with Gasteiger partial charge in [0, 0.05) is 12.6 Å². The Morgan fingerprint density at radius 2 is 1.80 bits per heavy atom. The van der Waals surface area contributed by atoms with Crippen LogP contribution in [-0.2, 0) is 11.2 Å². The van der Waals surface area contributed by atoms with Crippen LogP contribution in [0, 0.1) is 5.92 Å². The van der Waals surface area contributed by atoms with Gasteiger partial charge in [0.05, 0.1) is 6.42 Å². The lowest BCUT2D eigenvalue weighted by Crippen LogP contribution is -2.46. The minimum atomic E-state index is -4.72. The molecule has 1 aromatic rings. The molecule has 1 unspecified atom stereocenters. The second kappa shape index (κ2) is 9.87. The van der Waals surface area contributed by atoms with Crippen LogP contribution in [0.2, 0.25) is 0 Å². The van der Waals surface area contributed by atoms with Crippen molar-refractivity contribution in [2.45, 2.75) is 50.9 Å². The van der Waals surface area contributed by atoms with Gasteiger partial charge >= 0.3 is 6.36 Å². The second-order valence-electron chi connectivity index (χ2n) is 6.18. The first kappa shape index (κ1) is 21.6. The summed E-state index contributed by atoms with van der Waals surface area (Å²) < 4.78 is 40.1. The molecule has 25 heavy (non-hydrogen) atoms. The fourth-order valence-electron chi connectivity index (χ4n) is 3.16. The number of alkyl halides is 3. The largest absolute Gasteiger partial charge is 0.573 e. The molecule has 0 heterocycles. The zero-order valence-electron chi connectivity index (χ0n) is 13.8. The Morgan fingerprint density at radius 3 is 2.32 bits per heavy atom. The lowest BCUT2D eigenvalue weighted by molar-refractivity contribution is -0.274. The maximum absolute atomic E-state index is 12.2. The van der Waals surface area contributed by atoms with Gasteiger partial charge in [-0.3, -0.25) is 4.79 Å². The van der Waals surface area contributed by atoms with Crippen molar-refractivity contribution in [3.8, 4) is 5.75 Å². The quantitative estimate of drug-likeness (QED) is 0.793. The number of ether oxygens (including phenoxy) is 1. The Morgan fingerprint density at radius 1 is 1.20 bits per heavy atom. The molecule has 2 rings (SSSR count). The molecule has 0 spiro atoms. The normalized spacial score (nSPS) is 16.6. The molecule has 3 N–H and O–H groups in total. The molecule has 0 aromatic heterocycles. The molecule has 8 heteroatoms. The van der Waals surface area contributed by atoms with E-state index in [0.29, 0.717) is 18.0 Å². The van der Waals surface area contributed by atoms with Gasteiger partial charge in [0.15, 0.2) is 0 Å². The van der Waals surface area contributed by atoms with Crippen LogP contribution in [0.25, 0.3) is 0 Å². The first-order valence-corrected chi connectivity index (χ1v) is 8.21. The van der Waals surface area contributed by atoms with Gasteiger partial charge in [-0.25, -0.2) is 0 Å². The van der Waals surface area contributed by atoms with Crippen LogP contribution in [0.3, 0.4) is 0 Å². The Kier molecular flexibility index (Phi) is 8.52. The van der Waals surface area contributed by atoms with Crippen molar-refractivity contribution < 1.29 is 22.7 Å². The highest BCUT2D eigenvalue weighted by atomic mass is 35.5. The van der Waals surface area contributed by atoms with Crippen LogP contribution in [0.5, 0.6) is 5.75 Å². The highest BCUT2D eigenvalue weighted by Gasteiger charge is 2.31. The summed E-state index contributed by atoms with van der Waals surface area (Å²) in [6.07, 6.45) is 1.10. The van der Waals surface area contributed by atoms with E-state index in [1.165, 1.54) is 30.7 Å². The topological polar surface area (TPSA) is 64.3 Å². The van der Waals surface area contributed by atoms with Gasteiger partial charge in [-0.1, -0.05) is 31.4 Å². The van der Waals surface area contributed by atoms with Crippen molar-refractivity contribution in [3.05, 3.63) is 29.8 Å². The van der Waals surface area contributed by atoms with E-state index in [0.717, 1.165) is 25.7 Å². The molecule has 0 aliphatic heterocycles. The summed E-state index contributed by atoms with van der Waals surface area (Å²) in [5.41, 5.74) is 6.41. The number of halogens is 4. The highest BCUT2D eigenvalue weighted by molar-refractivity contribution is 5.85. The van der Waals surface area contributed by atoms with Crippen LogP contribution in [0.4, 0.5) is 13.2 Å². The number of amides is 1. The van der Waals surface area contributed by atoms with Gasteiger partial charge in [0.2, 0.25) is 5.91 Å². The zero-order valence-corrected chi connectivity index (χ0v) is 14.7. The van der Waals surface area contributed by atoms with E-state index < -0.39 is 6.36 Å². The highest BCUT2D eigenvalue weighted by Crippen LogP contribution is 2.26. The fourth-order valence-corrected chi connectivity index (χ4v) is 3.16. The predicted molar refractivity (Wildman–Crippen MR) is 91.6 cm³/mol. The van der Waals surface area contributed by atoms with Crippen LogP contribution >= 0.6 is 12.4 Å². The standard InChI is InChI=1S/C17H23F3N2O2.ClH/c18-17(19,20)24-14-8-6-12(7-9-14)10-16(23)22-15(11-21)13-4-2-1-3-5-13;/h6-9,13,15H,1-5,10-11,21H2,(H,22,23);1H. The van der Waals surface area contributed by atoms with Crippen LogP contribution in [-0.4, -0.2) is 24.9 Å². The first-order valence-electron chi connectivity index (χ1n) is 8.21. The smallest absolute Gasteiger partial charge is 0.406 e. The summed E-state index contributed by atoms with van der Waals surface area (Å²) in [5.74, 6) is -0.0514. The van der Waals surface area contributed by atoms with Crippen molar-refractivity contribution in [1.82, 2.24) is 5.32 Å². The van der Waals surface area contributed by atoms with Gasteiger partial charge in [-0.2, -0.15) is 0 Å². The van der Waals surface area contributed by atoms with Crippen molar-refractivity contribution in [2.75, 3.05) is 6.54 Å². The Hall–Kier alpha value is -1.47. The number of carbonyl (C=O) groups is 1. The van der Waals surface area contributed by atoms with Gasteiger partial charge < -0.3 is 15.8 Å². The van der Waals surface area contributed by atoms with Crippen LogP contribution in [0.15, 0.2) is 24.3 Å². The molecule has 1 saturated carbocycles. The molecule has 0 bridgehead atoms. The molecule has 1 atom stereocenters. The predicted octanol–water partition coefficient (Wildman–Crippen LogP) is 3.57. The van der Waals surface area contributed by atoms with Crippen molar-refractivity contribution in [3.63, 3.8) is 0 Å². The number of nitrogens with two attached hydrogens (primary N) is 1. The summed E-state index contributed by atoms with van der Waals surface area (Å²) in [7, 11) is 0. The van der Waals surface area contributed by atoms with Gasteiger partial charge in [-0.05, 0) is 36.5 Å². The van der Waals surface area contributed by atoms with Gasteiger partial charge in [0.25, 0.3) is 0 Å². The summed E-state index contributed by atoms with van der Waals surface area (Å²) in [6, 6.07) is 5.29. The molecular formula is C17H24ClF3N2O2. The fraction of sp³-hybridized carbons (Fsp3) is 0.588. The summed E-state index contributed by atoms with van der Waals surface area (Å²) in [5, 5.41) is 2.96. The third kappa shape index (κ3) is 7.52. The van der Waals surface area contributed by atoms with E-state index in [-0.39, 0.29) is 36.5 Å². The molecule has 1 fully saturated rings. The number of benzene rings is 1. The van der Waals surface area contributed by atoms with E-state index in [1.807, 2.05) is 0 Å².